The van der Waals surface area contributed by atoms with Crippen molar-refractivity contribution in [2.45, 2.75) is 13.3 Å². The van der Waals surface area contributed by atoms with E-state index < -0.39 is 5.97 Å². The van der Waals surface area contributed by atoms with E-state index in [0.717, 1.165) is 0 Å². The van der Waals surface area contributed by atoms with Gasteiger partial charge in [0.1, 0.15) is 0 Å². The van der Waals surface area contributed by atoms with Crippen LogP contribution in [0.1, 0.15) is 13.3 Å². The lowest BCUT2D eigenvalue weighted by molar-refractivity contribution is -0.137. The molecule has 0 aliphatic carbocycles. The number of thiol groups is 1. The number of ether oxygens (including phenoxy) is 1. The summed E-state index contributed by atoms with van der Waals surface area (Å²) >= 11 is 3.94. The van der Waals surface area contributed by atoms with Crippen molar-refractivity contribution < 1.29 is 14.6 Å². The van der Waals surface area contributed by atoms with Gasteiger partial charge in [-0.1, -0.05) is 0 Å². The Bertz CT molecular complexity index is 154. The average molecular weight is 176 g/mol. The predicted molar refractivity (Wildman–Crippen MR) is 45.4 cm³/mol. The van der Waals surface area contributed by atoms with Crippen molar-refractivity contribution in [3.05, 3.63) is 11.0 Å². The standard InChI is InChI=1S/C7H12O3S/c1-2-10-7(9)5-6(11)3-4-8/h5,8,11H,2-4H2,1H3. The third-order valence-corrected chi connectivity index (χ3v) is 1.29. The van der Waals surface area contributed by atoms with E-state index in [1.807, 2.05) is 0 Å². The summed E-state index contributed by atoms with van der Waals surface area (Å²) in [6, 6.07) is 0. The molecular formula is C7H12O3S. The van der Waals surface area contributed by atoms with Gasteiger partial charge in [0.2, 0.25) is 0 Å². The molecule has 0 aliphatic heterocycles. The van der Waals surface area contributed by atoms with Crippen LogP contribution < -0.4 is 0 Å². The van der Waals surface area contributed by atoms with Gasteiger partial charge in [-0.3, -0.25) is 0 Å². The van der Waals surface area contributed by atoms with E-state index in [1.54, 1.807) is 6.92 Å². The molecule has 0 radical (unpaired) electrons. The molecule has 0 aromatic rings. The van der Waals surface area contributed by atoms with E-state index in [-0.39, 0.29) is 6.61 Å². The molecule has 0 aliphatic rings. The van der Waals surface area contributed by atoms with Crippen molar-refractivity contribution in [3.8, 4) is 0 Å². The second-order valence-electron chi connectivity index (χ2n) is 1.86. The van der Waals surface area contributed by atoms with Crippen LogP contribution in [0.5, 0.6) is 0 Å². The molecule has 0 heterocycles. The Morgan fingerprint density at radius 1 is 1.73 bits per heavy atom. The molecule has 0 rings (SSSR count). The average Bonchev–Trinajstić information content (AvgIpc) is 1.87. The van der Waals surface area contributed by atoms with Crippen molar-refractivity contribution in [2.75, 3.05) is 13.2 Å². The van der Waals surface area contributed by atoms with E-state index in [2.05, 4.69) is 17.4 Å². The number of hydrogen-bond acceptors (Lipinski definition) is 4. The van der Waals surface area contributed by atoms with Gasteiger partial charge < -0.3 is 9.84 Å². The molecule has 0 fully saturated rings. The van der Waals surface area contributed by atoms with Crippen LogP contribution in [0.15, 0.2) is 11.0 Å². The Morgan fingerprint density at radius 2 is 2.36 bits per heavy atom. The maximum absolute atomic E-state index is 10.7. The van der Waals surface area contributed by atoms with Gasteiger partial charge in [0, 0.05) is 19.1 Å². The summed E-state index contributed by atoms with van der Waals surface area (Å²) in [6.45, 7) is 2.08. The highest BCUT2D eigenvalue weighted by atomic mass is 32.1. The largest absolute Gasteiger partial charge is 0.463 e. The fourth-order valence-electron chi connectivity index (χ4n) is 0.507. The van der Waals surface area contributed by atoms with Crippen LogP contribution in [0.3, 0.4) is 0 Å². The topological polar surface area (TPSA) is 46.5 Å². The van der Waals surface area contributed by atoms with E-state index in [4.69, 9.17) is 5.11 Å². The van der Waals surface area contributed by atoms with Gasteiger partial charge in [0.05, 0.1) is 6.61 Å². The molecule has 0 atom stereocenters. The third-order valence-electron chi connectivity index (χ3n) is 0.939. The number of hydrogen-bond donors (Lipinski definition) is 2. The minimum absolute atomic E-state index is 0.00522. The molecule has 11 heavy (non-hydrogen) atoms. The first kappa shape index (κ1) is 10.5. The van der Waals surface area contributed by atoms with Crippen LogP contribution in [-0.4, -0.2) is 24.3 Å². The minimum Gasteiger partial charge on any atom is -0.463 e. The number of carbonyl (C=O) groups is 1. The van der Waals surface area contributed by atoms with Crippen molar-refractivity contribution in [1.82, 2.24) is 0 Å². The SMILES string of the molecule is CCOC(=O)C=C(S)CCO. The Hall–Kier alpha value is -0.480. The van der Waals surface area contributed by atoms with Gasteiger partial charge in [-0.05, 0) is 11.8 Å². The lowest BCUT2D eigenvalue weighted by Crippen LogP contribution is -2.00. The highest BCUT2D eigenvalue weighted by Gasteiger charge is 1.97. The van der Waals surface area contributed by atoms with Crippen molar-refractivity contribution >= 4 is 18.6 Å². The van der Waals surface area contributed by atoms with Crippen LogP contribution in [0.2, 0.25) is 0 Å². The third kappa shape index (κ3) is 5.94. The van der Waals surface area contributed by atoms with Crippen molar-refractivity contribution in [2.24, 2.45) is 0 Å². The highest BCUT2D eigenvalue weighted by Crippen LogP contribution is 2.04. The Morgan fingerprint density at radius 3 is 2.82 bits per heavy atom. The van der Waals surface area contributed by atoms with E-state index in [1.165, 1.54) is 6.08 Å². The fourth-order valence-corrected chi connectivity index (χ4v) is 0.712. The first-order valence-electron chi connectivity index (χ1n) is 3.37. The molecule has 3 nitrogen and oxygen atoms in total. The smallest absolute Gasteiger partial charge is 0.331 e. The highest BCUT2D eigenvalue weighted by molar-refractivity contribution is 7.84. The molecule has 0 amide bonds. The van der Waals surface area contributed by atoms with Gasteiger partial charge >= 0.3 is 5.97 Å². The molecule has 0 aromatic heterocycles. The first-order chi connectivity index (χ1) is 5.20. The predicted octanol–water partition coefficient (Wildman–Crippen LogP) is 0.746. The Kier molecular flexibility index (Phi) is 5.97. The van der Waals surface area contributed by atoms with E-state index >= 15 is 0 Å². The molecular weight excluding hydrogens is 164 g/mol. The first-order valence-corrected chi connectivity index (χ1v) is 3.82. The molecule has 0 bridgehead atoms. The Balaban J connectivity index is 3.76. The zero-order valence-corrected chi connectivity index (χ0v) is 7.30. The van der Waals surface area contributed by atoms with Gasteiger partial charge in [-0.15, -0.1) is 12.6 Å². The summed E-state index contributed by atoms with van der Waals surface area (Å²) in [5.74, 6) is -0.411. The molecule has 1 N–H and O–H groups in total. The summed E-state index contributed by atoms with van der Waals surface area (Å²) in [4.78, 5) is 11.2. The second kappa shape index (κ2) is 6.24. The fraction of sp³-hybridized carbons (Fsp3) is 0.571. The van der Waals surface area contributed by atoms with Crippen LogP contribution in [-0.2, 0) is 9.53 Å². The summed E-state index contributed by atoms with van der Waals surface area (Å²) in [7, 11) is 0. The molecule has 0 saturated heterocycles. The second-order valence-corrected chi connectivity index (χ2v) is 2.44. The van der Waals surface area contributed by atoms with E-state index in [9.17, 15) is 4.79 Å². The molecule has 0 unspecified atom stereocenters. The summed E-state index contributed by atoms with van der Waals surface area (Å²) in [6.07, 6.45) is 1.66. The van der Waals surface area contributed by atoms with Gasteiger partial charge in [-0.25, -0.2) is 4.79 Å². The number of esters is 1. The van der Waals surface area contributed by atoms with Gasteiger partial charge in [0.15, 0.2) is 0 Å². The van der Waals surface area contributed by atoms with Crippen LogP contribution in [0.4, 0.5) is 0 Å². The summed E-state index contributed by atoms with van der Waals surface area (Å²) < 4.78 is 4.61. The normalized spacial score (nSPS) is 11.4. The number of aliphatic hydroxyl groups excluding tert-OH is 1. The molecule has 64 valence electrons. The zero-order valence-electron chi connectivity index (χ0n) is 6.41. The summed E-state index contributed by atoms with van der Waals surface area (Å²) in [5, 5.41) is 8.44. The maximum atomic E-state index is 10.7. The molecule has 0 spiro atoms. The number of aliphatic hydroxyl groups is 1. The van der Waals surface area contributed by atoms with Crippen LogP contribution in [0, 0.1) is 0 Å². The quantitative estimate of drug-likeness (QED) is 0.377. The molecule has 0 aromatic carbocycles. The maximum Gasteiger partial charge on any atom is 0.331 e. The lowest BCUT2D eigenvalue weighted by atomic mass is 10.4. The monoisotopic (exact) mass is 176 g/mol. The van der Waals surface area contributed by atoms with Gasteiger partial charge in [0.25, 0.3) is 0 Å². The number of carbonyl (C=O) groups excluding carboxylic acids is 1. The van der Waals surface area contributed by atoms with Gasteiger partial charge in [-0.2, -0.15) is 0 Å². The van der Waals surface area contributed by atoms with Crippen LogP contribution >= 0.6 is 12.6 Å². The van der Waals surface area contributed by atoms with Crippen molar-refractivity contribution in [1.29, 1.82) is 0 Å². The molecule has 4 heteroatoms. The van der Waals surface area contributed by atoms with E-state index in [0.29, 0.717) is 17.9 Å². The lowest BCUT2D eigenvalue weighted by Gasteiger charge is -1.97. The zero-order chi connectivity index (χ0) is 8.69. The molecule has 0 saturated carbocycles. The summed E-state index contributed by atoms with van der Waals surface area (Å²) in [5.41, 5.74) is 0. The van der Waals surface area contributed by atoms with Crippen LogP contribution in [0.25, 0.3) is 0 Å². The minimum atomic E-state index is -0.411. The van der Waals surface area contributed by atoms with Crippen molar-refractivity contribution in [3.63, 3.8) is 0 Å². The number of rotatable bonds is 4. The Labute approximate surface area is 71.5 Å².